The van der Waals surface area contributed by atoms with Gasteiger partial charge in [-0.25, -0.2) is 9.13 Å². The minimum atomic E-state index is -2.09. The predicted molar refractivity (Wildman–Crippen MR) is 78.9 cm³/mol. The Balaban J connectivity index is 0.000000200. The van der Waals surface area contributed by atoms with Crippen LogP contribution in [0.3, 0.4) is 0 Å². The van der Waals surface area contributed by atoms with Crippen molar-refractivity contribution in [2.24, 2.45) is 7.05 Å². The number of benzene rings is 1. The third-order valence-corrected chi connectivity index (χ3v) is 3.46. The molecule has 110 valence electrons. The summed E-state index contributed by atoms with van der Waals surface area (Å²) >= 11 is -2.09. The Morgan fingerprint density at radius 2 is 1.95 bits per heavy atom. The Morgan fingerprint density at radius 3 is 2.40 bits per heavy atom. The molecule has 20 heavy (non-hydrogen) atoms. The van der Waals surface area contributed by atoms with Crippen LogP contribution in [0.2, 0.25) is 0 Å². The number of nitrogens with zero attached hydrogens (tertiary/aromatic N) is 2. The first-order valence-electron chi connectivity index (χ1n) is 6.70. The van der Waals surface area contributed by atoms with E-state index in [1.165, 1.54) is 12.8 Å². The smallest absolute Gasteiger partial charge is 0.243 e. The summed E-state index contributed by atoms with van der Waals surface area (Å²) in [6.45, 7) is 5.28. The second-order valence-electron chi connectivity index (χ2n) is 4.72. The molecule has 0 aliphatic carbocycles. The molecule has 0 fully saturated rings. The zero-order valence-corrected chi connectivity index (χ0v) is 13.1. The van der Waals surface area contributed by atoms with Crippen molar-refractivity contribution < 1.29 is 13.3 Å². The van der Waals surface area contributed by atoms with Crippen molar-refractivity contribution in [3.63, 3.8) is 0 Å². The average molecular weight is 294 g/mol. The van der Waals surface area contributed by atoms with Gasteiger partial charge in [0.2, 0.25) is 6.33 Å². The molecule has 0 saturated heterocycles. The fourth-order valence-corrected chi connectivity index (χ4v) is 1.98. The fourth-order valence-electron chi connectivity index (χ4n) is 1.62. The van der Waals surface area contributed by atoms with E-state index in [1.54, 1.807) is 24.3 Å². The number of aryl methyl sites for hydroxylation is 3. The lowest BCUT2D eigenvalue weighted by Gasteiger charge is -2.03. The zero-order valence-electron chi connectivity index (χ0n) is 12.3. The van der Waals surface area contributed by atoms with Gasteiger partial charge in [0.15, 0.2) is 0 Å². The summed E-state index contributed by atoms with van der Waals surface area (Å²) < 4.78 is 24.9. The lowest BCUT2D eigenvalue weighted by molar-refractivity contribution is -0.671. The highest BCUT2D eigenvalue weighted by molar-refractivity contribution is 7.79. The first kappa shape index (κ1) is 16.6. The summed E-state index contributed by atoms with van der Waals surface area (Å²) in [5.41, 5.74) is 1.06. The normalized spacial score (nSPS) is 11.6. The second kappa shape index (κ2) is 8.66. The van der Waals surface area contributed by atoms with Crippen LogP contribution in [0.5, 0.6) is 0 Å². The highest BCUT2D eigenvalue weighted by Gasteiger charge is 1.96. The van der Waals surface area contributed by atoms with Gasteiger partial charge < -0.3 is 4.55 Å². The molecule has 0 aliphatic heterocycles. The molecule has 2 rings (SSSR count). The van der Waals surface area contributed by atoms with Gasteiger partial charge in [-0.15, -0.1) is 0 Å². The topological polar surface area (TPSA) is 48.9 Å². The molecule has 1 atom stereocenters. The lowest BCUT2D eigenvalue weighted by Crippen LogP contribution is -2.23. The molecule has 0 amide bonds. The van der Waals surface area contributed by atoms with E-state index in [2.05, 4.69) is 34.8 Å². The molecule has 0 aliphatic rings. The van der Waals surface area contributed by atoms with E-state index in [0.29, 0.717) is 4.90 Å². The zero-order chi connectivity index (χ0) is 15.0. The van der Waals surface area contributed by atoms with Gasteiger partial charge >= 0.3 is 0 Å². The van der Waals surface area contributed by atoms with Crippen molar-refractivity contribution in [1.29, 1.82) is 0 Å². The van der Waals surface area contributed by atoms with Crippen molar-refractivity contribution in [3.05, 3.63) is 48.5 Å². The number of unbranched alkanes of at least 4 members (excludes halogenated alkanes) is 1. The number of hydrogen-bond donors (Lipinski definition) is 0. The number of aromatic nitrogens is 2. The van der Waals surface area contributed by atoms with Crippen LogP contribution >= 0.6 is 0 Å². The molecule has 2 aromatic rings. The molecule has 0 bridgehead atoms. The monoisotopic (exact) mass is 294 g/mol. The Bertz CT molecular complexity index is 535. The van der Waals surface area contributed by atoms with E-state index in [9.17, 15) is 8.76 Å². The lowest BCUT2D eigenvalue weighted by atomic mass is 10.2. The van der Waals surface area contributed by atoms with E-state index in [0.717, 1.165) is 12.1 Å². The van der Waals surface area contributed by atoms with Crippen LogP contribution in [0.15, 0.2) is 47.9 Å². The van der Waals surface area contributed by atoms with Gasteiger partial charge in [-0.05, 0) is 36.6 Å². The molecule has 4 nitrogen and oxygen atoms in total. The maximum absolute atomic E-state index is 10.3. The summed E-state index contributed by atoms with van der Waals surface area (Å²) in [5.74, 6) is 0. The number of hydrogen-bond acceptors (Lipinski definition) is 2. The van der Waals surface area contributed by atoms with Crippen LogP contribution in [0.1, 0.15) is 25.3 Å². The molecule has 0 N–H and O–H groups in total. The van der Waals surface area contributed by atoms with Crippen molar-refractivity contribution in [2.75, 3.05) is 0 Å². The third kappa shape index (κ3) is 6.12. The van der Waals surface area contributed by atoms with E-state index in [1.807, 2.05) is 14.0 Å². The average Bonchev–Trinajstić information content (AvgIpc) is 2.83. The Kier molecular flexibility index (Phi) is 7.18. The molecule has 1 aromatic heterocycles. The highest BCUT2D eigenvalue weighted by Crippen LogP contribution is 2.05. The molecule has 1 aromatic carbocycles. The summed E-state index contributed by atoms with van der Waals surface area (Å²) in [7, 11) is 2.04. The van der Waals surface area contributed by atoms with Crippen LogP contribution in [-0.2, 0) is 24.7 Å². The van der Waals surface area contributed by atoms with Gasteiger partial charge in [-0.1, -0.05) is 31.0 Å². The van der Waals surface area contributed by atoms with Crippen molar-refractivity contribution in [3.8, 4) is 0 Å². The standard InChI is InChI=1S/C8H15N2.C7H8O2S/c1-3-4-5-10-7-6-9(2)8-10;1-6-2-4-7(5-3-6)10(8)9/h6-8H,3-5H2,1-2H3;2-5H,1H3,(H,8,9)/q+1;/p-1. The summed E-state index contributed by atoms with van der Waals surface area (Å²) in [4.78, 5) is 0.339. The van der Waals surface area contributed by atoms with E-state index in [-0.39, 0.29) is 0 Å². The van der Waals surface area contributed by atoms with Crippen LogP contribution in [0, 0.1) is 6.92 Å². The van der Waals surface area contributed by atoms with Gasteiger partial charge in [-0.3, -0.25) is 4.21 Å². The van der Waals surface area contributed by atoms with Crippen LogP contribution in [-0.4, -0.2) is 13.3 Å². The maximum Gasteiger partial charge on any atom is 0.243 e. The van der Waals surface area contributed by atoms with Gasteiger partial charge in [0.05, 0.1) is 13.6 Å². The SMILES string of the molecule is CCCCn1cc[n+](C)c1.Cc1ccc(S(=O)[O-])cc1. The molecule has 1 unspecified atom stereocenters. The molecule has 0 spiro atoms. The minimum absolute atomic E-state index is 0.339. The van der Waals surface area contributed by atoms with Crippen LogP contribution in [0.25, 0.3) is 0 Å². The third-order valence-electron chi connectivity index (χ3n) is 2.81. The van der Waals surface area contributed by atoms with Gasteiger partial charge in [0.25, 0.3) is 0 Å². The van der Waals surface area contributed by atoms with Gasteiger partial charge in [0.1, 0.15) is 12.4 Å². The molecular formula is C15H22N2O2S. The van der Waals surface area contributed by atoms with Gasteiger partial charge in [-0.2, -0.15) is 0 Å². The molecule has 1 heterocycles. The van der Waals surface area contributed by atoms with Crippen molar-refractivity contribution >= 4 is 11.1 Å². The predicted octanol–water partition coefficient (Wildman–Crippen LogP) is 2.35. The Morgan fingerprint density at radius 1 is 1.30 bits per heavy atom. The summed E-state index contributed by atoms with van der Waals surface area (Å²) in [6, 6.07) is 6.70. The first-order valence-corrected chi connectivity index (χ1v) is 7.77. The van der Waals surface area contributed by atoms with E-state index < -0.39 is 11.1 Å². The highest BCUT2D eigenvalue weighted by atomic mass is 32.2. The van der Waals surface area contributed by atoms with E-state index in [4.69, 9.17) is 0 Å². The summed E-state index contributed by atoms with van der Waals surface area (Å²) in [5, 5.41) is 0. The molecule has 0 radical (unpaired) electrons. The quantitative estimate of drug-likeness (QED) is 0.642. The largest absolute Gasteiger partial charge is 0.768 e. The van der Waals surface area contributed by atoms with Crippen LogP contribution in [0.4, 0.5) is 0 Å². The number of rotatable bonds is 4. The van der Waals surface area contributed by atoms with Crippen LogP contribution < -0.4 is 4.57 Å². The van der Waals surface area contributed by atoms with Crippen molar-refractivity contribution in [1.82, 2.24) is 4.57 Å². The van der Waals surface area contributed by atoms with Crippen molar-refractivity contribution in [2.45, 2.75) is 38.1 Å². The second-order valence-corrected chi connectivity index (χ2v) is 5.66. The van der Waals surface area contributed by atoms with E-state index >= 15 is 0 Å². The number of imidazole rings is 1. The molecule has 5 heteroatoms. The Hall–Kier alpha value is -1.46. The van der Waals surface area contributed by atoms with Gasteiger partial charge in [0, 0.05) is 4.90 Å². The Labute approximate surface area is 123 Å². The first-order chi connectivity index (χ1) is 9.52. The maximum atomic E-state index is 10.3. The molecular weight excluding hydrogens is 272 g/mol. The summed E-state index contributed by atoms with van der Waals surface area (Å²) in [6.07, 6.45) is 8.82. The molecule has 0 saturated carbocycles. The minimum Gasteiger partial charge on any atom is -0.768 e. The fraction of sp³-hybridized carbons (Fsp3) is 0.400.